The van der Waals surface area contributed by atoms with Crippen molar-refractivity contribution >= 4 is 17.9 Å². The van der Waals surface area contributed by atoms with Crippen molar-refractivity contribution in [2.45, 2.75) is 26.7 Å². The van der Waals surface area contributed by atoms with Gasteiger partial charge >= 0.3 is 12.0 Å². The van der Waals surface area contributed by atoms with Crippen LogP contribution in [0.3, 0.4) is 0 Å². The Balaban J connectivity index is 4.50. The standard InChI is InChI=1S/C14H22N2O4/c1-5-7-16(8-6-2)13(20)15-11(17)9-14(3,4)10-12(18)19/h5-6H,1-2,7-10H2,3-4H3,(H,18,19)(H,15,17,20). The molecule has 20 heavy (non-hydrogen) atoms. The second-order valence-electron chi connectivity index (χ2n) is 5.25. The first-order valence-electron chi connectivity index (χ1n) is 6.24. The molecule has 0 saturated heterocycles. The molecule has 0 aromatic rings. The maximum atomic E-state index is 11.8. The monoisotopic (exact) mass is 282 g/mol. The van der Waals surface area contributed by atoms with Crippen LogP contribution in [-0.4, -0.2) is 41.0 Å². The highest BCUT2D eigenvalue weighted by atomic mass is 16.4. The summed E-state index contributed by atoms with van der Waals surface area (Å²) < 4.78 is 0. The van der Waals surface area contributed by atoms with Gasteiger partial charge in [0.25, 0.3) is 0 Å². The van der Waals surface area contributed by atoms with Gasteiger partial charge in [-0.3, -0.25) is 14.9 Å². The lowest BCUT2D eigenvalue weighted by Gasteiger charge is -2.23. The van der Waals surface area contributed by atoms with E-state index in [4.69, 9.17) is 5.11 Å². The third-order valence-electron chi connectivity index (χ3n) is 2.50. The highest BCUT2D eigenvalue weighted by molar-refractivity contribution is 5.94. The highest BCUT2D eigenvalue weighted by Crippen LogP contribution is 2.24. The molecule has 0 bridgehead atoms. The molecule has 0 rings (SSSR count). The Hall–Kier alpha value is -2.11. The largest absolute Gasteiger partial charge is 0.481 e. The van der Waals surface area contributed by atoms with E-state index in [9.17, 15) is 14.4 Å². The van der Waals surface area contributed by atoms with E-state index in [1.807, 2.05) is 0 Å². The van der Waals surface area contributed by atoms with E-state index >= 15 is 0 Å². The summed E-state index contributed by atoms with van der Waals surface area (Å²) in [5, 5.41) is 11.0. The summed E-state index contributed by atoms with van der Waals surface area (Å²) >= 11 is 0. The summed E-state index contributed by atoms with van der Waals surface area (Å²) in [5.41, 5.74) is -0.710. The lowest BCUT2D eigenvalue weighted by Crippen LogP contribution is -2.44. The number of urea groups is 1. The van der Waals surface area contributed by atoms with Crippen LogP contribution in [0.4, 0.5) is 4.79 Å². The summed E-state index contributed by atoms with van der Waals surface area (Å²) in [5.74, 6) is -1.48. The molecule has 0 saturated carbocycles. The Morgan fingerprint density at radius 1 is 1.15 bits per heavy atom. The van der Waals surface area contributed by atoms with Crippen molar-refractivity contribution in [1.82, 2.24) is 10.2 Å². The Morgan fingerprint density at radius 2 is 1.65 bits per heavy atom. The zero-order valence-electron chi connectivity index (χ0n) is 12.0. The van der Waals surface area contributed by atoms with Crippen molar-refractivity contribution < 1.29 is 19.5 Å². The molecule has 0 fully saturated rings. The van der Waals surface area contributed by atoms with Crippen molar-refractivity contribution in [3.63, 3.8) is 0 Å². The van der Waals surface area contributed by atoms with Crippen LogP contribution in [0.5, 0.6) is 0 Å². The van der Waals surface area contributed by atoms with Gasteiger partial charge in [0.15, 0.2) is 0 Å². The number of carbonyl (C=O) groups is 3. The average molecular weight is 282 g/mol. The van der Waals surface area contributed by atoms with E-state index in [0.29, 0.717) is 13.1 Å². The van der Waals surface area contributed by atoms with Crippen molar-refractivity contribution in [3.8, 4) is 0 Å². The van der Waals surface area contributed by atoms with Crippen LogP contribution >= 0.6 is 0 Å². The van der Waals surface area contributed by atoms with Crippen LogP contribution < -0.4 is 5.32 Å². The molecule has 6 nitrogen and oxygen atoms in total. The van der Waals surface area contributed by atoms with E-state index in [2.05, 4.69) is 18.5 Å². The van der Waals surface area contributed by atoms with E-state index in [-0.39, 0.29) is 12.8 Å². The molecule has 0 atom stereocenters. The van der Waals surface area contributed by atoms with Crippen molar-refractivity contribution in [3.05, 3.63) is 25.3 Å². The van der Waals surface area contributed by atoms with Crippen molar-refractivity contribution in [2.24, 2.45) is 5.41 Å². The van der Waals surface area contributed by atoms with Crippen LogP contribution in [-0.2, 0) is 9.59 Å². The molecular weight excluding hydrogens is 260 g/mol. The van der Waals surface area contributed by atoms with Crippen LogP contribution in [0.25, 0.3) is 0 Å². The minimum atomic E-state index is -0.978. The summed E-state index contributed by atoms with van der Waals surface area (Å²) in [6, 6.07) is -0.541. The number of hydrogen-bond donors (Lipinski definition) is 2. The number of rotatable bonds is 8. The Labute approximate surface area is 119 Å². The Bertz CT molecular complexity index is 392. The molecule has 6 heteroatoms. The van der Waals surface area contributed by atoms with Crippen LogP contribution in [0.1, 0.15) is 26.7 Å². The van der Waals surface area contributed by atoms with E-state index in [0.717, 1.165) is 0 Å². The number of carbonyl (C=O) groups excluding carboxylic acids is 2. The minimum absolute atomic E-state index is 0.0406. The fourth-order valence-corrected chi connectivity index (χ4v) is 1.70. The lowest BCUT2D eigenvalue weighted by molar-refractivity contribution is -0.139. The number of carboxylic acids is 1. The lowest BCUT2D eigenvalue weighted by atomic mass is 9.85. The normalized spacial score (nSPS) is 10.5. The van der Waals surface area contributed by atoms with Crippen LogP contribution in [0.15, 0.2) is 25.3 Å². The average Bonchev–Trinajstić information content (AvgIpc) is 2.25. The van der Waals surface area contributed by atoms with Gasteiger partial charge in [0, 0.05) is 19.5 Å². The van der Waals surface area contributed by atoms with Gasteiger partial charge in [-0.2, -0.15) is 0 Å². The third-order valence-corrected chi connectivity index (χ3v) is 2.50. The van der Waals surface area contributed by atoms with Gasteiger partial charge in [-0.15, -0.1) is 13.2 Å². The maximum absolute atomic E-state index is 11.8. The number of amides is 3. The zero-order valence-corrected chi connectivity index (χ0v) is 12.0. The summed E-state index contributed by atoms with van der Waals surface area (Å²) in [4.78, 5) is 35.6. The first kappa shape index (κ1) is 17.9. The van der Waals surface area contributed by atoms with Crippen LogP contribution in [0.2, 0.25) is 0 Å². The molecule has 2 N–H and O–H groups in total. The third kappa shape index (κ3) is 7.35. The predicted molar refractivity (Wildman–Crippen MR) is 76.2 cm³/mol. The summed E-state index contributed by atoms with van der Waals surface area (Å²) in [7, 11) is 0. The quantitative estimate of drug-likeness (QED) is 0.664. The molecule has 0 aromatic carbocycles. The predicted octanol–water partition coefficient (Wildman–Crippen LogP) is 1.79. The molecule has 0 aliphatic rings. The van der Waals surface area contributed by atoms with Gasteiger partial charge in [-0.1, -0.05) is 26.0 Å². The molecule has 0 heterocycles. The first-order chi connectivity index (χ1) is 9.21. The molecule has 0 aliphatic carbocycles. The summed E-state index contributed by atoms with van der Waals surface area (Å²) in [6.07, 6.45) is 2.91. The van der Waals surface area contributed by atoms with Gasteiger partial charge in [0.05, 0.1) is 6.42 Å². The fourth-order valence-electron chi connectivity index (χ4n) is 1.70. The second-order valence-corrected chi connectivity index (χ2v) is 5.25. The number of nitrogens with one attached hydrogen (secondary N) is 1. The number of imide groups is 1. The molecule has 0 radical (unpaired) electrons. The SMILES string of the molecule is C=CCN(CC=C)C(=O)NC(=O)CC(C)(C)CC(=O)O. The molecule has 0 spiro atoms. The van der Waals surface area contributed by atoms with Crippen molar-refractivity contribution in [1.29, 1.82) is 0 Å². The Morgan fingerprint density at radius 3 is 2.05 bits per heavy atom. The highest BCUT2D eigenvalue weighted by Gasteiger charge is 2.26. The topological polar surface area (TPSA) is 86.7 Å². The van der Waals surface area contributed by atoms with E-state index in [1.165, 1.54) is 4.90 Å². The van der Waals surface area contributed by atoms with E-state index < -0.39 is 23.3 Å². The minimum Gasteiger partial charge on any atom is -0.481 e. The number of aliphatic carboxylic acids is 1. The molecule has 112 valence electrons. The molecule has 0 aromatic heterocycles. The van der Waals surface area contributed by atoms with Gasteiger partial charge in [-0.25, -0.2) is 4.79 Å². The van der Waals surface area contributed by atoms with Crippen LogP contribution in [0, 0.1) is 5.41 Å². The Kier molecular flexibility index (Phi) is 7.28. The van der Waals surface area contributed by atoms with E-state index in [1.54, 1.807) is 26.0 Å². The van der Waals surface area contributed by atoms with Gasteiger partial charge in [0.1, 0.15) is 0 Å². The maximum Gasteiger partial charge on any atom is 0.324 e. The molecular formula is C14H22N2O4. The van der Waals surface area contributed by atoms with Gasteiger partial charge in [0.2, 0.25) is 5.91 Å². The fraction of sp³-hybridized carbons (Fsp3) is 0.500. The van der Waals surface area contributed by atoms with Gasteiger partial charge in [-0.05, 0) is 5.41 Å². The number of hydrogen-bond acceptors (Lipinski definition) is 3. The molecule has 0 aliphatic heterocycles. The first-order valence-corrected chi connectivity index (χ1v) is 6.24. The second kappa shape index (κ2) is 8.14. The van der Waals surface area contributed by atoms with Gasteiger partial charge < -0.3 is 10.0 Å². The number of nitrogens with zero attached hydrogens (tertiary/aromatic N) is 1. The van der Waals surface area contributed by atoms with Crippen molar-refractivity contribution in [2.75, 3.05) is 13.1 Å². The summed E-state index contributed by atoms with van der Waals surface area (Å²) in [6.45, 7) is 11.0. The number of carboxylic acid groups (broad SMARTS) is 1. The molecule has 0 unspecified atom stereocenters. The smallest absolute Gasteiger partial charge is 0.324 e. The zero-order chi connectivity index (χ0) is 15.8. The molecule has 3 amide bonds.